The zero-order valence-corrected chi connectivity index (χ0v) is 11.0. The highest BCUT2D eigenvalue weighted by atomic mass is 79.9. The van der Waals surface area contributed by atoms with Crippen LogP contribution in [0.1, 0.15) is 19.3 Å². The molecule has 1 aliphatic heterocycles. The monoisotopic (exact) mass is 298 g/mol. The Hall–Kier alpha value is -1.07. The lowest BCUT2D eigenvalue weighted by Gasteiger charge is -2.22. The standard InChI is InChI=1S/C12H15BrN2O2/c13-9-7-8(14)4-5-10(9)15-12(16)11-3-1-2-6-17-11/h4-5,7,11H,1-3,6,14H2,(H,15,16). The average Bonchev–Trinajstić information content (AvgIpc) is 2.34. The van der Waals surface area contributed by atoms with Crippen molar-refractivity contribution in [1.82, 2.24) is 0 Å². The molecule has 1 aliphatic rings. The molecular weight excluding hydrogens is 284 g/mol. The first-order chi connectivity index (χ1) is 8.16. The van der Waals surface area contributed by atoms with E-state index in [0.717, 1.165) is 29.4 Å². The number of ether oxygens (including phenoxy) is 1. The van der Waals surface area contributed by atoms with Crippen molar-refractivity contribution >= 4 is 33.2 Å². The number of nitrogen functional groups attached to an aromatic ring is 1. The minimum Gasteiger partial charge on any atom is -0.399 e. The molecule has 0 radical (unpaired) electrons. The number of hydrogen-bond donors (Lipinski definition) is 2. The molecule has 1 fully saturated rings. The highest BCUT2D eigenvalue weighted by Crippen LogP contribution is 2.25. The minimum atomic E-state index is -0.326. The van der Waals surface area contributed by atoms with Gasteiger partial charge < -0.3 is 15.8 Å². The SMILES string of the molecule is Nc1ccc(NC(=O)C2CCCCO2)c(Br)c1. The molecule has 1 saturated heterocycles. The van der Waals surface area contributed by atoms with Crippen LogP contribution in [0.4, 0.5) is 11.4 Å². The summed E-state index contributed by atoms with van der Waals surface area (Å²) in [5, 5.41) is 2.84. The summed E-state index contributed by atoms with van der Waals surface area (Å²) in [5.41, 5.74) is 7.01. The maximum Gasteiger partial charge on any atom is 0.253 e. The van der Waals surface area contributed by atoms with Gasteiger partial charge in [0.25, 0.3) is 5.91 Å². The summed E-state index contributed by atoms with van der Waals surface area (Å²) in [5.74, 6) is -0.0878. The van der Waals surface area contributed by atoms with Crippen molar-refractivity contribution in [2.75, 3.05) is 17.7 Å². The number of carbonyl (C=O) groups excluding carboxylic acids is 1. The predicted molar refractivity (Wildman–Crippen MR) is 70.8 cm³/mol. The first-order valence-corrected chi connectivity index (χ1v) is 6.43. The third-order valence-corrected chi connectivity index (χ3v) is 3.38. The largest absolute Gasteiger partial charge is 0.399 e. The number of benzene rings is 1. The van der Waals surface area contributed by atoms with Crippen LogP contribution >= 0.6 is 15.9 Å². The van der Waals surface area contributed by atoms with Crippen molar-refractivity contribution in [2.45, 2.75) is 25.4 Å². The molecule has 0 saturated carbocycles. The van der Waals surface area contributed by atoms with Gasteiger partial charge in [-0.3, -0.25) is 4.79 Å². The fourth-order valence-corrected chi connectivity index (χ4v) is 2.29. The molecule has 1 heterocycles. The molecule has 17 heavy (non-hydrogen) atoms. The van der Waals surface area contributed by atoms with Crippen LogP contribution in [0.25, 0.3) is 0 Å². The Morgan fingerprint density at radius 2 is 2.29 bits per heavy atom. The van der Waals surface area contributed by atoms with E-state index in [2.05, 4.69) is 21.2 Å². The number of nitrogens with one attached hydrogen (secondary N) is 1. The van der Waals surface area contributed by atoms with Crippen molar-refractivity contribution in [3.63, 3.8) is 0 Å². The number of carbonyl (C=O) groups is 1. The lowest BCUT2D eigenvalue weighted by Crippen LogP contribution is -2.33. The van der Waals surface area contributed by atoms with Gasteiger partial charge in [-0.1, -0.05) is 0 Å². The van der Waals surface area contributed by atoms with Gasteiger partial charge >= 0.3 is 0 Å². The summed E-state index contributed by atoms with van der Waals surface area (Å²) in [6.45, 7) is 0.668. The van der Waals surface area contributed by atoms with E-state index in [1.165, 1.54) is 0 Å². The lowest BCUT2D eigenvalue weighted by atomic mass is 10.1. The summed E-state index contributed by atoms with van der Waals surface area (Å²) in [4.78, 5) is 11.9. The van der Waals surface area contributed by atoms with Gasteiger partial charge in [-0.05, 0) is 53.4 Å². The molecule has 3 N–H and O–H groups in total. The highest BCUT2D eigenvalue weighted by molar-refractivity contribution is 9.10. The smallest absolute Gasteiger partial charge is 0.253 e. The number of hydrogen-bond acceptors (Lipinski definition) is 3. The van der Waals surface area contributed by atoms with Crippen LogP contribution in [-0.2, 0) is 9.53 Å². The Morgan fingerprint density at radius 1 is 1.47 bits per heavy atom. The van der Waals surface area contributed by atoms with E-state index in [4.69, 9.17) is 10.5 Å². The van der Waals surface area contributed by atoms with Crippen molar-refractivity contribution in [2.24, 2.45) is 0 Å². The molecule has 92 valence electrons. The summed E-state index contributed by atoms with van der Waals surface area (Å²) in [7, 11) is 0. The Balaban J connectivity index is 2.02. The van der Waals surface area contributed by atoms with Gasteiger partial charge in [-0.15, -0.1) is 0 Å². The molecule has 0 aromatic heterocycles. The van der Waals surface area contributed by atoms with Crippen molar-refractivity contribution < 1.29 is 9.53 Å². The second-order valence-corrected chi connectivity index (χ2v) is 4.94. The first-order valence-electron chi connectivity index (χ1n) is 5.64. The Morgan fingerprint density at radius 3 is 2.94 bits per heavy atom. The van der Waals surface area contributed by atoms with Crippen molar-refractivity contribution in [3.05, 3.63) is 22.7 Å². The van der Waals surface area contributed by atoms with Crippen molar-refractivity contribution in [3.8, 4) is 0 Å². The fraction of sp³-hybridized carbons (Fsp3) is 0.417. The molecule has 0 bridgehead atoms. The number of halogens is 1. The van der Waals surface area contributed by atoms with Gasteiger partial charge in [0.05, 0.1) is 5.69 Å². The van der Waals surface area contributed by atoms with Gasteiger partial charge in [0, 0.05) is 16.8 Å². The summed E-state index contributed by atoms with van der Waals surface area (Å²) in [6.07, 6.45) is 2.54. The topological polar surface area (TPSA) is 64.3 Å². The van der Waals surface area contributed by atoms with Crippen LogP contribution in [0.5, 0.6) is 0 Å². The van der Waals surface area contributed by atoms with E-state index >= 15 is 0 Å². The second kappa shape index (κ2) is 5.51. The number of amides is 1. The molecule has 2 rings (SSSR count). The first kappa shape index (κ1) is 12.4. The van der Waals surface area contributed by atoms with Crippen LogP contribution in [0.2, 0.25) is 0 Å². The zero-order valence-electron chi connectivity index (χ0n) is 9.41. The van der Waals surface area contributed by atoms with Gasteiger partial charge in [0.2, 0.25) is 0 Å². The molecule has 1 aromatic rings. The van der Waals surface area contributed by atoms with E-state index < -0.39 is 0 Å². The molecule has 5 heteroatoms. The maximum absolute atomic E-state index is 11.9. The summed E-state index contributed by atoms with van der Waals surface area (Å²) < 4.78 is 6.20. The number of anilines is 2. The molecule has 0 spiro atoms. The van der Waals surface area contributed by atoms with E-state index in [-0.39, 0.29) is 12.0 Å². The van der Waals surface area contributed by atoms with E-state index in [9.17, 15) is 4.79 Å². The second-order valence-electron chi connectivity index (χ2n) is 4.08. The molecule has 1 atom stereocenters. The molecule has 1 unspecified atom stereocenters. The predicted octanol–water partition coefficient (Wildman–Crippen LogP) is 2.54. The van der Waals surface area contributed by atoms with Crippen LogP contribution in [0.3, 0.4) is 0 Å². The summed E-state index contributed by atoms with van der Waals surface area (Å²) >= 11 is 3.36. The van der Waals surface area contributed by atoms with E-state index in [0.29, 0.717) is 12.3 Å². The van der Waals surface area contributed by atoms with Gasteiger partial charge in [-0.2, -0.15) is 0 Å². The fourth-order valence-electron chi connectivity index (χ4n) is 1.79. The molecular formula is C12H15BrN2O2. The van der Waals surface area contributed by atoms with Crippen LogP contribution in [0.15, 0.2) is 22.7 Å². The lowest BCUT2D eigenvalue weighted by molar-refractivity contribution is -0.129. The normalized spacial score (nSPS) is 19.9. The zero-order chi connectivity index (χ0) is 12.3. The third kappa shape index (κ3) is 3.20. The average molecular weight is 299 g/mol. The van der Waals surface area contributed by atoms with Gasteiger partial charge in [-0.25, -0.2) is 0 Å². The molecule has 0 aliphatic carbocycles. The van der Waals surface area contributed by atoms with E-state index in [1.54, 1.807) is 18.2 Å². The summed E-state index contributed by atoms with van der Waals surface area (Å²) in [6, 6.07) is 5.29. The molecule has 1 amide bonds. The Bertz CT molecular complexity index is 417. The van der Waals surface area contributed by atoms with Crippen LogP contribution in [0, 0.1) is 0 Å². The highest BCUT2D eigenvalue weighted by Gasteiger charge is 2.22. The van der Waals surface area contributed by atoms with Crippen LogP contribution in [-0.4, -0.2) is 18.6 Å². The minimum absolute atomic E-state index is 0.0878. The number of rotatable bonds is 2. The molecule has 4 nitrogen and oxygen atoms in total. The Labute approximate surface area is 109 Å². The van der Waals surface area contributed by atoms with Crippen molar-refractivity contribution in [1.29, 1.82) is 0 Å². The molecule has 1 aromatic carbocycles. The Kier molecular flexibility index (Phi) is 4.02. The van der Waals surface area contributed by atoms with Gasteiger partial charge in [0.1, 0.15) is 6.10 Å². The van der Waals surface area contributed by atoms with Gasteiger partial charge in [0.15, 0.2) is 0 Å². The third-order valence-electron chi connectivity index (χ3n) is 2.72. The van der Waals surface area contributed by atoms with E-state index in [1.807, 2.05) is 0 Å². The quantitative estimate of drug-likeness (QED) is 0.825. The van der Waals surface area contributed by atoms with Crippen LogP contribution < -0.4 is 11.1 Å². The number of nitrogens with two attached hydrogens (primary N) is 1. The maximum atomic E-state index is 11.9.